The van der Waals surface area contributed by atoms with Gasteiger partial charge in [0, 0.05) is 63.0 Å². The Morgan fingerprint density at radius 2 is 1.97 bits per heavy atom. The average Bonchev–Trinajstić information content (AvgIpc) is 3.19. The molecule has 0 aromatic carbocycles. The second-order valence-electron chi connectivity index (χ2n) is 8.40. The van der Waals surface area contributed by atoms with Gasteiger partial charge >= 0.3 is 0 Å². The summed E-state index contributed by atoms with van der Waals surface area (Å²) in [6.45, 7) is 4.42. The lowest BCUT2D eigenvalue weighted by Crippen LogP contribution is -2.48. The predicted molar refractivity (Wildman–Crippen MR) is 121 cm³/mol. The van der Waals surface area contributed by atoms with Gasteiger partial charge in [-0.1, -0.05) is 6.07 Å². The average molecular weight is 438 g/mol. The lowest BCUT2D eigenvalue weighted by Gasteiger charge is -2.34. The van der Waals surface area contributed by atoms with Gasteiger partial charge in [0.25, 0.3) is 5.56 Å². The van der Waals surface area contributed by atoms with Crippen LogP contribution >= 0.6 is 11.3 Å². The molecule has 3 aromatic rings. The first kappa shape index (κ1) is 20.3. The summed E-state index contributed by atoms with van der Waals surface area (Å²) >= 11 is 1.66. The number of piperazine rings is 1. The van der Waals surface area contributed by atoms with Crippen LogP contribution in [-0.4, -0.2) is 56.4 Å². The highest BCUT2D eigenvalue weighted by Gasteiger charge is 2.22. The van der Waals surface area contributed by atoms with Crippen LogP contribution < -0.4 is 5.56 Å². The molecule has 1 aliphatic heterocycles. The van der Waals surface area contributed by atoms with E-state index in [0.717, 1.165) is 62.2 Å². The van der Waals surface area contributed by atoms with E-state index < -0.39 is 0 Å². The van der Waals surface area contributed by atoms with Crippen molar-refractivity contribution in [3.05, 3.63) is 57.2 Å². The zero-order chi connectivity index (χ0) is 21.2. The van der Waals surface area contributed by atoms with Gasteiger partial charge in [0.1, 0.15) is 4.83 Å². The van der Waals surface area contributed by atoms with E-state index in [4.69, 9.17) is 0 Å². The first-order valence-corrected chi connectivity index (χ1v) is 11.9. The van der Waals surface area contributed by atoms with Crippen LogP contribution in [0.4, 0.5) is 0 Å². The quantitative estimate of drug-likeness (QED) is 0.613. The first-order chi connectivity index (χ1) is 15.2. The smallest absolute Gasteiger partial charge is 0.262 e. The second-order valence-corrected chi connectivity index (χ2v) is 9.49. The van der Waals surface area contributed by atoms with Crippen molar-refractivity contribution in [3.63, 3.8) is 0 Å². The molecule has 1 amide bonds. The SMILES string of the molecule is O=C(CCn1cnc2sc3c(c2c1=O)CCCC3)N1CCN(Cc2cccnc2)CC1. The van der Waals surface area contributed by atoms with Crippen LogP contribution in [0.15, 0.2) is 35.6 Å². The molecule has 7 nitrogen and oxygen atoms in total. The molecule has 8 heteroatoms. The van der Waals surface area contributed by atoms with Crippen molar-refractivity contribution in [1.82, 2.24) is 24.3 Å². The molecular weight excluding hydrogens is 410 g/mol. The van der Waals surface area contributed by atoms with Gasteiger partial charge in [-0.25, -0.2) is 4.98 Å². The molecule has 3 aromatic heterocycles. The number of hydrogen-bond acceptors (Lipinski definition) is 6. The number of pyridine rings is 1. The van der Waals surface area contributed by atoms with E-state index in [1.807, 2.05) is 17.2 Å². The molecule has 0 atom stereocenters. The first-order valence-electron chi connectivity index (χ1n) is 11.1. The van der Waals surface area contributed by atoms with E-state index in [2.05, 4.69) is 20.9 Å². The summed E-state index contributed by atoms with van der Waals surface area (Å²) in [5, 5.41) is 0.790. The summed E-state index contributed by atoms with van der Waals surface area (Å²) < 4.78 is 1.63. The van der Waals surface area contributed by atoms with Gasteiger partial charge in [-0.05, 0) is 42.9 Å². The lowest BCUT2D eigenvalue weighted by molar-refractivity contribution is -0.133. The minimum atomic E-state index is 0.0125. The molecule has 0 unspecified atom stereocenters. The number of aryl methyl sites for hydroxylation is 3. The van der Waals surface area contributed by atoms with Crippen LogP contribution in [0.5, 0.6) is 0 Å². The molecule has 1 fully saturated rings. The highest BCUT2D eigenvalue weighted by molar-refractivity contribution is 7.18. The van der Waals surface area contributed by atoms with Crippen LogP contribution in [0.1, 0.15) is 35.3 Å². The Bertz CT molecular complexity index is 1130. The highest BCUT2D eigenvalue weighted by atomic mass is 32.1. The Morgan fingerprint density at radius 3 is 2.77 bits per heavy atom. The largest absolute Gasteiger partial charge is 0.340 e. The van der Waals surface area contributed by atoms with Crippen molar-refractivity contribution >= 4 is 27.5 Å². The Morgan fingerprint density at radius 1 is 1.13 bits per heavy atom. The van der Waals surface area contributed by atoms with E-state index in [1.165, 1.54) is 22.4 Å². The lowest BCUT2D eigenvalue weighted by atomic mass is 9.97. The maximum Gasteiger partial charge on any atom is 0.262 e. The summed E-state index contributed by atoms with van der Waals surface area (Å²) in [6.07, 6.45) is 9.99. The van der Waals surface area contributed by atoms with Crippen LogP contribution in [0.3, 0.4) is 0 Å². The fourth-order valence-electron chi connectivity index (χ4n) is 4.62. The van der Waals surface area contributed by atoms with Crippen LogP contribution in [0.25, 0.3) is 10.2 Å². The molecule has 2 aliphatic rings. The molecule has 0 radical (unpaired) electrons. The standard InChI is InChI=1S/C23H27N5O2S/c29-20(27-12-10-26(11-13-27)15-17-4-3-8-24-14-17)7-9-28-16-25-22-21(23(28)30)18-5-1-2-6-19(18)31-22/h3-4,8,14,16H,1-2,5-7,9-13,15H2. The van der Waals surface area contributed by atoms with Gasteiger partial charge in [0.15, 0.2) is 0 Å². The third-order valence-electron chi connectivity index (χ3n) is 6.36. The number of carbonyl (C=O) groups is 1. The molecule has 1 saturated heterocycles. The summed E-state index contributed by atoms with van der Waals surface area (Å²) in [7, 11) is 0. The predicted octanol–water partition coefficient (Wildman–Crippen LogP) is 2.47. The second kappa shape index (κ2) is 8.88. The van der Waals surface area contributed by atoms with E-state index >= 15 is 0 Å². The molecule has 0 saturated carbocycles. The Balaban J connectivity index is 1.19. The third kappa shape index (κ3) is 4.27. The number of aromatic nitrogens is 3. The number of fused-ring (bicyclic) bond motifs is 3. The zero-order valence-electron chi connectivity index (χ0n) is 17.6. The maximum absolute atomic E-state index is 13.1. The van der Waals surface area contributed by atoms with Gasteiger partial charge in [-0.15, -0.1) is 11.3 Å². The van der Waals surface area contributed by atoms with Gasteiger partial charge in [0.2, 0.25) is 5.91 Å². The summed E-state index contributed by atoms with van der Waals surface area (Å²) in [5.41, 5.74) is 2.41. The normalized spacial score (nSPS) is 17.1. The number of hydrogen-bond donors (Lipinski definition) is 0. The number of rotatable bonds is 5. The zero-order valence-corrected chi connectivity index (χ0v) is 18.4. The molecule has 162 valence electrons. The van der Waals surface area contributed by atoms with Crippen molar-refractivity contribution < 1.29 is 4.79 Å². The summed E-state index contributed by atoms with van der Waals surface area (Å²) in [5.74, 6) is 0.111. The van der Waals surface area contributed by atoms with Crippen LogP contribution in [0, 0.1) is 0 Å². The van der Waals surface area contributed by atoms with Gasteiger partial charge < -0.3 is 4.90 Å². The fraction of sp³-hybridized carbons (Fsp3) is 0.478. The minimum Gasteiger partial charge on any atom is -0.340 e. The maximum atomic E-state index is 13.1. The van der Waals surface area contributed by atoms with Crippen LogP contribution in [0.2, 0.25) is 0 Å². The van der Waals surface area contributed by atoms with E-state index in [9.17, 15) is 9.59 Å². The topological polar surface area (TPSA) is 71.3 Å². The number of carbonyl (C=O) groups excluding carboxylic acids is 1. The van der Waals surface area contributed by atoms with Gasteiger partial charge in [0.05, 0.1) is 11.7 Å². The van der Waals surface area contributed by atoms with Gasteiger partial charge in [-0.2, -0.15) is 0 Å². The molecule has 4 heterocycles. The van der Waals surface area contributed by atoms with E-state index in [-0.39, 0.29) is 11.5 Å². The number of amides is 1. The molecule has 0 spiro atoms. The van der Waals surface area contributed by atoms with Crippen molar-refractivity contribution in [2.45, 2.75) is 45.2 Å². The van der Waals surface area contributed by atoms with E-state index in [0.29, 0.717) is 13.0 Å². The Kier molecular flexibility index (Phi) is 5.82. The van der Waals surface area contributed by atoms with Crippen molar-refractivity contribution in [2.75, 3.05) is 26.2 Å². The molecule has 0 bridgehead atoms. The molecule has 1 aliphatic carbocycles. The van der Waals surface area contributed by atoms with E-state index in [1.54, 1.807) is 28.4 Å². The van der Waals surface area contributed by atoms with Crippen molar-refractivity contribution in [2.24, 2.45) is 0 Å². The summed E-state index contributed by atoms with van der Waals surface area (Å²) in [6, 6.07) is 4.03. The summed E-state index contributed by atoms with van der Waals surface area (Å²) in [4.78, 5) is 41.0. The monoisotopic (exact) mass is 437 g/mol. The highest BCUT2D eigenvalue weighted by Crippen LogP contribution is 2.33. The van der Waals surface area contributed by atoms with Crippen molar-refractivity contribution in [1.29, 1.82) is 0 Å². The molecule has 31 heavy (non-hydrogen) atoms. The molecule has 0 N–H and O–H groups in total. The number of nitrogens with zero attached hydrogens (tertiary/aromatic N) is 5. The molecular formula is C23H27N5O2S. The minimum absolute atomic E-state index is 0.0125. The fourth-order valence-corrected chi connectivity index (χ4v) is 5.84. The third-order valence-corrected chi connectivity index (χ3v) is 7.56. The van der Waals surface area contributed by atoms with Gasteiger partial charge in [-0.3, -0.25) is 24.0 Å². The van der Waals surface area contributed by atoms with Crippen LogP contribution in [-0.2, 0) is 30.7 Å². The van der Waals surface area contributed by atoms with Crippen molar-refractivity contribution in [3.8, 4) is 0 Å². The number of thiophene rings is 1. The Labute approximate surface area is 185 Å². The Hall–Kier alpha value is -2.58. The molecule has 5 rings (SSSR count).